The van der Waals surface area contributed by atoms with Gasteiger partial charge in [-0.15, -0.1) is 0 Å². The van der Waals surface area contributed by atoms with Crippen LogP contribution in [0.3, 0.4) is 0 Å². The van der Waals surface area contributed by atoms with E-state index in [1.165, 1.54) is 13.2 Å². The number of hydrogen-bond donors (Lipinski definition) is 1. The minimum absolute atomic E-state index is 0.118. The molecule has 0 aliphatic carbocycles. The first kappa shape index (κ1) is 16.2. The van der Waals surface area contributed by atoms with Crippen LogP contribution in [0.1, 0.15) is 30.9 Å². The molecule has 24 heavy (non-hydrogen) atoms. The number of carbonyl (C=O) groups is 2. The monoisotopic (exact) mass is 331 g/mol. The van der Waals surface area contributed by atoms with Crippen LogP contribution in [0.15, 0.2) is 40.7 Å². The Labute approximate surface area is 139 Å². The largest absolute Gasteiger partial charge is 0.466 e. The van der Waals surface area contributed by atoms with Gasteiger partial charge in [-0.3, -0.25) is 0 Å². The summed E-state index contributed by atoms with van der Waals surface area (Å²) < 4.78 is 24.3. The molecular weight excluding hydrogens is 313 g/mol. The summed E-state index contributed by atoms with van der Waals surface area (Å²) in [7, 11) is 1.28. The van der Waals surface area contributed by atoms with Gasteiger partial charge in [0.1, 0.15) is 12.4 Å². The Bertz CT molecular complexity index is 794. The summed E-state index contributed by atoms with van der Waals surface area (Å²) in [6, 6.07) is 4.70. The van der Waals surface area contributed by atoms with Gasteiger partial charge in [0.05, 0.1) is 29.9 Å². The average molecular weight is 331 g/mol. The van der Waals surface area contributed by atoms with Gasteiger partial charge < -0.3 is 14.8 Å². The molecule has 126 valence electrons. The van der Waals surface area contributed by atoms with Gasteiger partial charge in [0.15, 0.2) is 0 Å². The highest BCUT2D eigenvalue weighted by Gasteiger charge is 2.42. The van der Waals surface area contributed by atoms with E-state index in [1.54, 1.807) is 19.1 Å². The van der Waals surface area contributed by atoms with Crippen molar-refractivity contribution in [2.75, 3.05) is 13.7 Å². The Morgan fingerprint density at radius 2 is 2.21 bits per heavy atom. The smallest absolute Gasteiger partial charge is 0.337 e. The quantitative estimate of drug-likeness (QED) is 0.861. The van der Waals surface area contributed by atoms with Gasteiger partial charge in [0.2, 0.25) is 0 Å². The Kier molecular flexibility index (Phi) is 4.13. The molecule has 5 nitrogen and oxygen atoms in total. The average Bonchev–Trinajstić information content (AvgIpc) is 2.93. The number of allylic oxidation sites excluding steroid dienone is 1. The van der Waals surface area contributed by atoms with E-state index < -0.39 is 17.9 Å². The van der Waals surface area contributed by atoms with Crippen molar-refractivity contribution in [3.8, 4) is 0 Å². The van der Waals surface area contributed by atoms with Crippen LogP contribution >= 0.6 is 0 Å². The van der Waals surface area contributed by atoms with Crippen molar-refractivity contribution in [2.24, 2.45) is 0 Å². The number of esters is 2. The van der Waals surface area contributed by atoms with E-state index >= 15 is 0 Å². The molecule has 0 amide bonds. The highest BCUT2D eigenvalue weighted by atomic mass is 19.1. The molecule has 0 unspecified atom stereocenters. The number of dihydropyridines is 1. The summed E-state index contributed by atoms with van der Waals surface area (Å²) in [5, 5.41) is 3.04. The van der Waals surface area contributed by atoms with Crippen molar-refractivity contribution < 1.29 is 23.5 Å². The van der Waals surface area contributed by atoms with Crippen LogP contribution < -0.4 is 5.32 Å². The molecule has 1 aromatic carbocycles. The van der Waals surface area contributed by atoms with Crippen molar-refractivity contribution in [1.29, 1.82) is 0 Å². The number of rotatable bonds is 3. The summed E-state index contributed by atoms with van der Waals surface area (Å²) in [5.74, 6) is -2.11. The predicted molar refractivity (Wildman–Crippen MR) is 84.4 cm³/mol. The van der Waals surface area contributed by atoms with Crippen molar-refractivity contribution in [3.63, 3.8) is 0 Å². The predicted octanol–water partition coefficient (Wildman–Crippen LogP) is 2.33. The van der Waals surface area contributed by atoms with E-state index in [0.29, 0.717) is 40.1 Å². The number of ether oxygens (including phenoxy) is 2. The second-order valence-electron chi connectivity index (χ2n) is 5.72. The molecule has 0 spiro atoms. The number of nitrogens with one attached hydrogen (secondary N) is 1. The van der Waals surface area contributed by atoms with Crippen molar-refractivity contribution >= 4 is 11.9 Å². The topological polar surface area (TPSA) is 64.6 Å². The summed E-state index contributed by atoms with van der Waals surface area (Å²) >= 11 is 0. The van der Waals surface area contributed by atoms with Gasteiger partial charge in [-0.1, -0.05) is 19.1 Å². The zero-order valence-corrected chi connectivity index (χ0v) is 13.7. The first-order valence-electron chi connectivity index (χ1n) is 7.73. The van der Waals surface area contributed by atoms with Gasteiger partial charge in [-0.05, 0) is 30.5 Å². The van der Waals surface area contributed by atoms with E-state index in [9.17, 15) is 14.0 Å². The third-order valence-electron chi connectivity index (χ3n) is 4.44. The normalized spacial score (nSPS) is 19.8. The Morgan fingerprint density at radius 1 is 1.46 bits per heavy atom. The van der Waals surface area contributed by atoms with E-state index in [0.717, 1.165) is 0 Å². The van der Waals surface area contributed by atoms with Crippen molar-refractivity contribution in [3.05, 3.63) is 57.7 Å². The third kappa shape index (κ3) is 2.38. The van der Waals surface area contributed by atoms with E-state index in [2.05, 4.69) is 5.32 Å². The van der Waals surface area contributed by atoms with Crippen LogP contribution in [0.25, 0.3) is 0 Å². The molecule has 2 aliphatic heterocycles. The second-order valence-corrected chi connectivity index (χ2v) is 5.72. The number of cyclic esters (lactones) is 1. The Balaban J connectivity index is 2.26. The van der Waals surface area contributed by atoms with Crippen molar-refractivity contribution in [2.45, 2.75) is 26.2 Å². The first-order valence-corrected chi connectivity index (χ1v) is 7.73. The van der Waals surface area contributed by atoms with E-state index in [-0.39, 0.29) is 12.4 Å². The van der Waals surface area contributed by atoms with Crippen LogP contribution in [0.2, 0.25) is 0 Å². The lowest BCUT2D eigenvalue weighted by molar-refractivity contribution is -0.136. The van der Waals surface area contributed by atoms with Gasteiger partial charge in [-0.25, -0.2) is 14.0 Å². The fourth-order valence-electron chi connectivity index (χ4n) is 3.38. The minimum atomic E-state index is -0.700. The number of carbonyl (C=O) groups excluding carboxylic acids is 2. The number of methoxy groups -OCH3 is 1. The molecule has 0 aromatic heterocycles. The summed E-state index contributed by atoms with van der Waals surface area (Å²) in [5.41, 5.74) is 2.91. The zero-order chi connectivity index (χ0) is 17.4. The molecule has 2 aliphatic rings. The SMILES string of the molecule is CCc1c(F)cccc1[C@@H]1C(C(=O)OC)=C(C)NC2=C1C(=O)OC2. The number of benzene rings is 1. The van der Waals surface area contributed by atoms with Crippen LogP contribution in [0.4, 0.5) is 4.39 Å². The number of hydrogen-bond acceptors (Lipinski definition) is 5. The molecule has 0 saturated carbocycles. The van der Waals surface area contributed by atoms with Crippen LogP contribution in [0.5, 0.6) is 0 Å². The van der Waals surface area contributed by atoms with Gasteiger partial charge in [-0.2, -0.15) is 0 Å². The molecule has 1 N–H and O–H groups in total. The molecule has 2 heterocycles. The molecule has 1 atom stereocenters. The summed E-state index contributed by atoms with van der Waals surface area (Å²) in [6.07, 6.45) is 0.442. The van der Waals surface area contributed by atoms with Crippen molar-refractivity contribution in [1.82, 2.24) is 5.32 Å². The van der Waals surface area contributed by atoms with E-state index in [1.807, 2.05) is 6.92 Å². The fourth-order valence-corrected chi connectivity index (χ4v) is 3.38. The first-order chi connectivity index (χ1) is 11.5. The molecular formula is C18H18FNO4. The lowest BCUT2D eigenvalue weighted by Gasteiger charge is -2.28. The second kappa shape index (κ2) is 6.11. The Hall–Kier alpha value is -2.63. The fraction of sp³-hybridized carbons (Fsp3) is 0.333. The maximum Gasteiger partial charge on any atom is 0.337 e. The maximum atomic E-state index is 14.3. The molecule has 0 radical (unpaired) electrons. The minimum Gasteiger partial charge on any atom is -0.466 e. The molecule has 0 bridgehead atoms. The number of halogens is 1. The zero-order valence-electron chi connectivity index (χ0n) is 13.7. The van der Waals surface area contributed by atoms with Crippen LogP contribution in [-0.2, 0) is 25.5 Å². The molecule has 3 rings (SSSR count). The lowest BCUT2D eigenvalue weighted by atomic mass is 9.78. The van der Waals surface area contributed by atoms with Gasteiger partial charge in [0.25, 0.3) is 0 Å². The summed E-state index contributed by atoms with van der Waals surface area (Å²) in [4.78, 5) is 24.6. The van der Waals surface area contributed by atoms with Gasteiger partial charge >= 0.3 is 11.9 Å². The molecule has 0 fully saturated rings. The molecule has 1 aromatic rings. The lowest BCUT2D eigenvalue weighted by Crippen LogP contribution is -2.30. The molecule has 0 saturated heterocycles. The Morgan fingerprint density at radius 3 is 2.88 bits per heavy atom. The van der Waals surface area contributed by atoms with E-state index in [4.69, 9.17) is 9.47 Å². The highest BCUT2D eigenvalue weighted by molar-refractivity contribution is 6.01. The molecule has 6 heteroatoms. The maximum absolute atomic E-state index is 14.3. The van der Waals surface area contributed by atoms with Crippen LogP contribution in [0, 0.1) is 5.82 Å². The summed E-state index contributed by atoms with van der Waals surface area (Å²) in [6.45, 7) is 3.68. The highest BCUT2D eigenvalue weighted by Crippen LogP contribution is 2.42. The van der Waals surface area contributed by atoms with Crippen LogP contribution in [-0.4, -0.2) is 25.7 Å². The standard InChI is InChI=1S/C18H18FNO4/c1-4-10-11(6-5-7-12(10)19)15-14(17(21)23-3)9(2)20-13-8-24-18(22)16(13)15/h5-7,15,20H,4,8H2,1-3H3/t15-/m1/s1. The van der Waals surface area contributed by atoms with Gasteiger partial charge in [0, 0.05) is 5.70 Å². The third-order valence-corrected chi connectivity index (χ3v) is 4.44.